The molecule has 5 rings (SSSR count). The molecule has 1 aromatic heterocycles. The topological polar surface area (TPSA) is 100 Å². The van der Waals surface area contributed by atoms with Crippen LogP contribution in [-0.4, -0.2) is 45.4 Å². The molecule has 170 valence electrons. The summed E-state index contributed by atoms with van der Waals surface area (Å²) in [6.07, 6.45) is 8.42. The first-order chi connectivity index (χ1) is 15.8. The van der Waals surface area contributed by atoms with Gasteiger partial charge in [-0.05, 0) is 61.6 Å². The van der Waals surface area contributed by atoms with Crippen molar-refractivity contribution in [3.63, 3.8) is 0 Å². The van der Waals surface area contributed by atoms with E-state index >= 15 is 0 Å². The maximum atomic E-state index is 13.4. The first-order valence-electron chi connectivity index (χ1n) is 11.0. The van der Waals surface area contributed by atoms with Crippen molar-refractivity contribution in [2.75, 3.05) is 13.1 Å². The van der Waals surface area contributed by atoms with Gasteiger partial charge in [0.2, 0.25) is 5.91 Å². The molecule has 3 aliphatic rings. The molecule has 1 saturated carbocycles. The Labute approximate surface area is 190 Å². The van der Waals surface area contributed by atoms with Gasteiger partial charge in [0, 0.05) is 18.4 Å². The lowest BCUT2D eigenvalue weighted by molar-refractivity contribution is -0.120. The average molecular weight is 449 g/mol. The number of hydrogen-bond donors (Lipinski definition) is 1. The lowest BCUT2D eigenvalue weighted by Crippen LogP contribution is -2.55. The van der Waals surface area contributed by atoms with Crippen molar-refractivity contribution in [1.29, 1.82) is 5.26 Å². The molecule has 1 N–H and O–H groups in total. The number of nitrogens with zero attached hydrogens (tertiary/aromatic N) is 4. The summed E-state index contributed by atoms with van der Waals surface area (Å²) >= 11 is 0. The Hall–Kier alpha value is -3.67. The molecule has 1 saturated heterocycles. The van der Waals surface area contributed by atoms with Gasteiger partial charge in [0.1, 0.15) is 11.4 Å². The summed E-state index contributed by atoms with van der Waals surface area (Å²) < 4.78 is 21.3. The fourth-order valence-corrected chi connectivity index (χ4v) is 5.52. The Kier molecular flexibility index (Phi) is 4.96. The Morgan fingerprint density at radius 1 is 1.36 bits per heavy atom. The molecular formula is C24H24FN5O3. The second kappa shape index (κ2) is 7.73. The maximum Gasteiger partial charge on any atom is 0.410 e. The van der Waals surface area contributed by atoms with E-state index in [1.54, 1.807) is 23.2 Å². The monoisotopic (exact) mass is 449 g/mol. The van der Waals surface area contributed by atoms with E-state index in [1.807, 2.05) is 10.9 Å². The lowest BCUT2D eigenvalue weighted by Gasteiger charge is -2.51. The van der Waals surface area contributed by atoms with Crippen molar-refractivity contribution in [1.82, 2.24) is 20.0 Å². The molecule has 0 unspecified atom stereocenters. The number of fused-ring (bicyclic) bond motifs is 3. The number of aromatic nitrogens is 2. The van der Waals surface area contributed by atoms with Gasteiger partial charge in [0.15, 0.2) is 6.19 Å². The standard InChI is InChI=1S/C24H24FN5O3/c1-23-12-16-13-28-30(19-6-4-18(25)5-7-19)20(16)11-17(23)3-2-9-24(23)14-29(22(32)33-24)10-8-21(31)27-15-26/h4-7,11,13H,2-3,8-10,12,14H2,1H3,(H,27,31)/t23-,24+/m0/s1. The zero-order valence-corrected chi connectivity index (χ0v) is 18.3. The molecule has 2 aliphatic carbocycles. The largest absolute Gasteiger partial charge is 0.440 e. The Morgan fingerprint density at radius 2 is 2.15 bits per heavy atom. The van der Waals surface area contributed by atoms with Crippen LogP contribution >= 0.6 is 0 Å². The van der Waals surface area contributed by atoms with Crippen LogP contribution in [0, 0.1) is 22.7 Å². The smallest absolute Gasteiger partial charge is 0.410 e. The summed E-state index contributed by atoms with van der Waals surface area (Å²) in [6, 6.07) is 6.25. The summed E-state index contributed by atoms with van der Waals surface area (Å²) in [5.41, 5.74) is 2.94. The summed E-state index contributed by atoms with van der Waals surface area (Å²) in [4.78, 5) is 26.0. The van der Waals surface area contributed by atoms with E-state index in [9.17, 15) is 14.0 Å². The highest BCUT2D eigenvalue weighted by Crippen LogP contribution is 2.56. The van der Waals surface area contributed by atoms with Crippen LogP contribution in [0.1, 0.15) is 43.9 Å². The molecule has 2 fully saturated rings. The normalized spacial score (nSPS) is 25.7. The van der Waals surface area contributed by atoms with Crippen molar-refractivity contribution in [3.05, 3.63) is 53.1 Å². The molecular weight excluding hydrogens is 425 g/mol. The molecule has 1 aromatic carbocycles. The van der Waals surface area contributed by atoms with Crippen LogP contribution in [-0.2, 0) is 16.0 Å². The highest BCUT2D eigenvalue weighted by molar-refractivity contribution is 5.79. The van der Waals surface area contributed by atoms with Crippen LogP contribution in [0.2, 0.25) is 0 Å². The van der Waals surface area contributed by atoms with Gasteiger partial charge in [-0.1, -0.05) is 12.5 Å². The van der Waals surface area contributed by atoms with Crippen LogP contribution in [0.15, 0.2) is 36.0 Å². The van der Waals surface area contributed by atoms with Gasteiger partial charge in [0.05, 0.1) is 24.1 Å². The molecule has 0 bridgehead atoms. The van der Waals surface area contributed by atoms with Gasteiger partial charge in [-0.25, -0.2) is 13.9 Å². The third kappa shape index (κ3) is 3.37. The fraction of sp³-hybridized carbons (Fsp3) is 0.417. The number of nitriles is 1. The van der Waals surface area contributed by atoms with Crippen molar-refractivity contribution in [3.8, 4) is 11.9 Å². The molecule has 8 nitrogen and oxygen atoms in total. The van der Waals surface area contributed by atoms with Crippen LogP contribution in [0.4, 0.5) is 9.18 Å². The Morgan fingerprint density at radius 3 is 2.91 bits per heavy atom. The Bertz CT molecular complexity index is 1200. The second-order valence-electron chi connectivity index (χ2n) is 9.17. The maximum absolute atomic E-state index is 13.4. The van der Waals surface area contributed by atoms with Gasteiger partial charge in [-0.2, -0.15) is 10.4 Å². The predicted octanol–water partition coefficient (Wildman–Crippen LogP) is 3.32. The minimum atomic E-state index is -0.685. The molecule has 1 spiro atoms. The number of rotatable bonds is 4. The van der Waals surface area contributed by atoms with Crippen molar-refractivity contribution in [2.45, 2.75) is 44.6 Å². The molecule has 2 amide bonds. The number of nitrogens with one attached hydrogen (secondary N) is 1. The van der Waals surface area contributed by atoms with Gasteiger partial charge >= 0.3 is 6.09 Å². The van der Waals surface area contributed by atoms with Crippen molar-refractivity contribution >= 4 is 18.1 Å². The number of ether oxygens (including phenoxy) is 1. The molecule has 1 aliphatic heterocycles. The second-order valence-corrected chi connectivity index (χ2v) is 9.17. The highest BCUT2D eigenvalue weighted by Gasteiger charge is 2.60. The number of amides is 2. The van der Waals surface area contributed by atoms with E-state index in [4.69, 9.17) is 10.00 Å². The van der Waals surface area contributed by atoms with E-state index in [1.165, 1.54) is 17.7 Å². The van der Waals surface area contributed by atoms with E-state index in [-0.39, 0.29) is 18.8 Å². The van der Waals surface area contributed by atoms with Crippen LogP contribution in [0.25, 0.3) is 11.8 Å². The first-order valence-corrected chi connectivity index (χ1v) is 11.0. The zero-order chi connectivity index (χ0) is 23.2. The molecule has 2 aromatic rings. The minimum absolute atomic E-state index is 0.0484. The van der Waals surface area contributed by atoms with Gasteiger partial charge < -0.3 is 9.64 Å². The van der Waals surface area contributed by atoms with Crippen molar-refractivity contribution < 1.29 is 18.7 Å². The molecule has 33 heavy (non-hydrogen) atoms. The van der Waals surface area contributed by atoms with Gasteiger partial charge in [-0.3, -0.25) is 10.1 Å². The van der Waals surface area contributed by atoms with E-state index < -0.39 is 23.0 Å². The fourth-order valence-electron chi connectivity index (χ4n) is 5.52. The quantitative estimate of drug-likeness (QED) is 0.570. The van der Waals surface area contributed by atoms with Crippen molar-refractivity contribution in [2.24, 2.45) is 5.41 Å². The average Bonchev–Trinajstić information content (AvgIpc) is 3.33. The van der Waals surface area contributed by atoms with Crippen LogP contribution in [0.5, 0.6) is 0 Å². The van der Waals surface area contributed by atoms with Crippen LogP contribution in [0.3, 0.4) is 0 Å². The van der Waals surface area contributed by atoms with Crippen LogP contribution < -0.4 is 5.32 Å². The molecule has 2 atom stereocenters. The number of carbonyl (C=O) groups excluding carboxylic acids is 2. The third-order valence-corrected chi connectivity index (χ3v) is 7.34. The molecule has 9 heteroatoms. The number of hydrogen-bond acceptors (Lipinski definition) is 5. The zero-order valence-electron chi connectivity index (χ0n) is 18.3. The number of benzene rings is 1. The highest BCUT2D eigenvalue weighted by atomic mass is 19.1. The minimum Gasteiger partial charge on any atom is -0.440 e. The number of carbonyl (C=O) groups is 2. The van der Waals surface area contributed by atoms with E-state index in [0.717, 1.165) is 36.2 Å². The summed E-state index contributed by atoms with van der Waals surface area (Å²) in [6.45, 7) is 2.76. The summed E-state index contributed by atoms with van der Waals surface area (Å²) in [5.74, 6) is -0.713. The molecule has 0 radical (unpaired) electrons. The summed E-state index contributed by atoms with van der Waals surface area (Å²) in [7, 11) is 0. The number of halogens is 1. The molecule has 2 heterocycles. The summed E-state index contributed by atoms with van der Waals surface area (Å²) in [5, 5.41) is 15.2. The van der Waals surface area contributed by atoms with E-state index in [0.29, 0.717) is 13.0 Å². The van der Waals surface area contributed by atoms with E-state index in [2.05, 4.69) is 23.4 Å². The lowest BCUT2D eigenvalue weighted by atomic mass is 9.57. The predicted molar refractivity (Wildman–Crippen MR) is 116 cm³/mol. The SMILES string of the molecule is C[C@]12Cc3cnn(-c4ccc(F)cc4)c3C=C1CCC[C@@]21CN(CCC(=O)NC#N)C(=O)O1. The first kappa shape index (κ1) is 21.2. The third-order valence-electron chi connectivity index (χ3n) is 7.34. The van der Waals surface area contributed by atoms with Gasteiger partial charge in [-0.15, -0.1) is 0 Å². The Balaban J connectivity index is 1.44. The van der Waals surface area contributed by atoms with Gasteiger partial charge in [0.25, 0.3) is 0 Å².